The fourth-order valence-electron chi connectivity index (χ4n) is 3.76. The summed E-state index contributed by atoms with van der Waals surface area (Å²) in [5.41, 5.74) is 4.34. The van der Waals surface area contributed by atoms with Crippen LogP contribution in [0.5, 0.6) is 0 Å². The van der Waals surface area contributed by atoms with Gasteiger partial charge in [0.2, 0.25) is 0 Å². The lowest BCUT2D eigenvalue weighted by atomic mass is 9.98. The van der Waals surface area contributed by atoms with Crippen LogP contribution >= 0.6 is 23.2 Å². The Kier molecular flexibility index (Phi) is 10.2. The third-order valence-electron chi connectivity index (χ3n) is 5.73. The number of aryl methyl sites for hydroxylation is 1. The van der Waals surface area contributed by atoms with Crippen LogP contribution in [-0.4, -0.2) is 41.5 Å². The van der Waals surface area contributed by atoms with Crippen LogP contribution in [0.3, 0.4) is 0 Å². The maximum absolute atomic E-state index is 13.7. The molecule has 0 unspecified atom stereocenters. The molecule has 1 amide bonds. The monoisotopic (exact) mass is 546 g/mol. The number of benzene rings is 3. The van der Waals surface area contributed by atoms with E-state index in [2.05, 4.69) is 47.5 Å². The molecule has 37 heavy (non-hydrogen) atoms. The third kappa shape index (κ3) is 8.12. The zero-order valence-corrected chi connectivity index (χ0v) is 21.6. The molecule has 0 spiro atoms. The number of rotatable bonds is 6. The van der Waals surface area contributed by atoms with Gasteiger partial charge in [0.15, 0.2) is 11.6 Å². The smallest absolute Gasteiger partial charge is 0.322 e. The summed E-state index contributed by atoms with van der Waals surface area (Å²) in [7, 11) is 0. The van der Waals surface area contributed by atoms with Crippen molar-refractivity contribution in [3.63, 3.8) is 0 Å². The highest BCUT2D eigenvalue weighted by molar-refractivity contribution is 6.39. The number of amides is 1. The Morgan fingerprint density at radius 3 is 2.24 bits per heavy atom. The average Bonchev–Trinajstić information content (AvgIpc) is 2.87. The van der Waals surface area contributed by atoms with E-state index >= 15 is 0 Å². The molecule has 0 saturated heterocycles. The van der Waals surface area contributed by atoms with E-state index in [0.29, 0.717) is 12.1 Å². The molecule has 0 fully saturated rings. The van der Waals surface area contributed by atoms with E-state index in [1.54, 1.807) is 18.2 Å². The van der Waals surface area contributed by atoms with Crippen molar-refractivity contribution in [2.24, 2.45) is 0 Å². The van der Waals surface area contributed by atoms with Gasteiger partial charge in [0.05, 0.1) is 15.6 Å². The Morgan fingerprint density at radius 2 is 1.65 bits per heavy atom. The van der Waals surface area contributed by atoms with Gasteiger partial charge in [-0.2, -0.15) is 0 Å². The highest BCUT2D eigenvalue weighted by Gasteiger charge is 2.16. The molecular formula is C28H26Cl2F2N2O3. The maximum atomic E-state index is 13.7. The minimum atomic E-state index is -1.13. The number of halogens is 4. The Hall–Kier alpha value is -3.26. The van der Waals surface area contributed by atoms with Gasteiger partial charge in [0.25, 0.3) is 5.91 Å². The average molecular weight is 547 g/mol. The first kappa shape index (κ1) is 28.3. The van der Waals surface area contributed by atoms with Gasteiger partial charge in [-0.1, -0.05) is 77.3 Å². The van der Waals surface area contributed by atoms with Crippen molar-refractivity contribution in [1.82, 2.24) is 10.2 Å². The van der Waals surface area contributed by atoms with E-state index in [-0.39, 0.29) is 15.6 Å². The van der Waals surface area contributed by atoms with Crippen LogP contribution in [0.25, 0.3) is 5.57 Å². The van der Waals surface area contributed by atoms with Crippen LogP contribution in [0.15, 0.2) is 66.7 Å². The van der Waals surface area contributed by atoms with Gasteiger partial charge < -0.3 is 10.4 Å². The van der Waals surface area contributed by atoms with Crippen molar-refractivity contribution >= 4 is 40.7 Å². The van der Waals surface area contributed by atoms with Crippen LogP contribution < -0.4 is 5.32 Å². The number of carboxylic acid groups (broad SMARTS) is 1. The molecule has 0 radical (unpaired) electrons. The molecule has 1 heterocycles. The number of carboxylic acids is 1. The van der Waals surface area contributed by atoms with Crippen molar-refractivity contribution in [3.8, 4) is 0 Å². The lowest BCUT2D eigenvalue weighted by molar-refractivity contribution is -0.135. The summed E-state index contributed by atoms with van der Waals surface area (Å²) < 4.78 is 27.0. The fourth-order valence-corrected chi connectivity index (χ4v) is 4.32. The Morgan fingerprint density at radius 1 is 1.00 bits per heavy atom. The molecule has 4 rings (SSSR count). The van der Waals surface area contributed by atoms with Gasteiger partial charge in [0.1, 0.15) is 6.54 Å². The molecule has 0 bridgehead atoms. The predicted molar refractivity (Wildman–Crippen MR) is 142 cm³/mol. The zero-order chi connectivity index (χ0) is 26.9. The molecule has 1 aliphatic rings. The second-order valence-electron chi connectivity index (χ2n) is 8.47. The second-order valence-corrected chi connectivity index (χ2v) is 9.28. The van der Waals surface area contributed by atoms with Crippen LogP contribution in [0.4, 0.5) is 8.78 Å². The lowest BCUT2D eigenvalue weighted by Gasteiger charge is -2.26. The molecule has 5 nitrogen and oxygen atoms in total. The topological polar surface area (TPSA) is 69.6 Å². The van der Waals surface area contributed by atoms with Gasteiger partial charge >= 0.3 is 5.97 Å². The van der Waals surface area contributed by atoms with Crippen LogP contribution in [0.2, 0.25) is 10.0 Å². The molecule has 3 aromatic carbocycles. The number of nitrogens with zero attached hydrogens (tertiary/aromatic N) is 1. The summed E-state index contributed by atoms with van der Waals surface area (Å²) in [6.07, 6.45) is 3.12. The van der Waals surface area contributed by atoms with E-state index in [0.717, 1.165) is 25.6 Å². The molecule has 0 aromatic heterocycles. The fraction of sp³-hybridized carbons (Fsp3) is 0.214. The summed E-state index contributed by atoms with van der Waals surface area (Å²) in [6, 6.07) is 17.5. The lowest BCUT2D eigenvalue weighted by Crippen LogP contribution is -2.29. The zero-order valence-electron chi connectivity index (χ0n) is 20.1. The maximum Gasteiger partial charge on any atom is 0.322 e. The third-order valence-corrected chi connectivity index (χ3v) is 6.36. The van der Waals surface area contributed by atoms with Gasteiger partial charge in [0, 0.05) is 25.2 Å². The van der Waals surface area contributed by atoms with Gasteiger partial charge in [-0.3, -0.25) is 14.5 Å². The first-order valence-electron chi connectivity index (χ1n) is 11.5. The largest absolute Gasteiger partial charge is 0.480 e. The summed E-state index contributed by atoms with van der Waals surface area (Å²) >= 11 is 11.5. The normalized spacial score (nSPS) is 13.3. The van der Waals surface area contributed by atoms with E-state index in [1.807, 2.05) is 0 Å². The minimum Gasteiger partial charge on any atom is -0.480 e. The van der Waals surface area contributed by atoms with E-state index in [1.165, 1.54) is 28.8 Å². The van der Waals surface area contributed by atoms with Crippen molar-refractivity contribution in [1.29, 1.82) is 0 Å². The standard InChI is InChI=1S/C19H19F2N.C9H7Cl2NO3/c1-14-5-7-15(8-6-14)16-9-11-22(12-10-16)13-17-3-2-4-18(20)19(17)21;10-5-2-1-3-6(11)8(5)9(15)12-4-7(13)14/h2-9H,10-13H2,1H3;1-3H,4H2,(H,12,15)(H,13,14). The summed E-state index contributed by atoms with van der Waals surface area (Å²) in [6.45, 7) is 3.67. The number of nitrogens with one attached hydrogen (secondary N) is 1. The Balaban J connectivity index is 0.000000222. The second kappa shape index (κ2) is 13.3. The molecule has 1 aliphatic heterocycles. The van der Waals surface area contributed by atoms with E-state index in [9.17, 15) is 18.4 Å². The Labute approximate surface area is 224 Å². The number of carbonyl (C=O) groups excluding carboxylic acids is 1. The van der Waals surface area contributed by atoms with E-state index in [4.69, 9.17) is 28.3 Å². The molecule has 0 atom stereocenters. The molecule has 194 valence electrons. The van der Waals surface area contributed by atoms with Crippen LogP contribution in [0, 0.1) is 18.6 Å². The number of carbonyl (C=O) groups is 2. The molecule has 0 aliphatic carbocycles. The molecule has 2 N–H and O–H groups in total. The van der Waals surface area contributed by atoms with Gasteiger partial charge in [-0.15, -0.1) is 0 Å². The Bertz CT molecular complexity index is 1280. The van der Waals surface area contributed by atoms with Crippen LogP contribution in [-0.2, 0) is 11.3 Å². The van der Waals surface area contributed by atoms with Crippen molar-refractivity contribution in [3.05, 3.63) is 111 Å². The highest BCUT2D eigenvalue weighted by atomic mass is 35.5. The summed E-state index contributed by atoms with van der Waals surface area (Å²) in [5.74, 6) is -3.24. The highest BCUT2D eigenvalue weighted by Crippen LogP contribution is 2.25. The summed E-state index contributed by atoms with van der Waals surface area (Å²) in [4.78, 5) is 23.8. The number of aliphatic carboxylic acids is 1. The molecule has 9 heteroatoms. The molecule has 3 aromatic rings. The van der Waals surface area contributed by atoms with Crippen LogP contribution in [0.1, 0.15) is 33.5 Å². The summed E-state index contributed by atoms with van der Waals surface area (Å²) in [5, 5.41) is 10.9. The van der Waals surface area contributed by atoms with Gasteiger partial charge in [-0.25, -0.2) is 8.78 Å². The van der Waals surface area contributed by atoms with Gasteiger partial charge in [-0.05, 0) is 42.7 Å². The minimum absolute atomic E-state index is 0.0853. The van der Waals surface area contributed by atoms with Crippen molar-refractivity contribution < 1.29 is 23.5 Å². The van der Waals surface area contributed by atoms with Crippen molar-refractivity contribution in [2.45, 2.75) is 19.9 Å². The molecule has 0 saturated carbocycles. The predicted octanol–water partition coefficient (Wildman–Crippen LogP) is 6.37. The first-order chi connectivity index (χ1) is 17.7. The first-order valence-corrected chi connectivity index (χ1v) is 12.3. The quantitative estimate of drug-likeness (QED) is 0.377. The van der Waals surface area contributed by atoms with Crippen molar-refractivity contribution in [2.75, 3.05) is 19.6 Å². The number of hydrogen-bond acceptors (Lipinski definition) is 3. The number of hydrogen-bond donors (Lipinski definition) is 2. The molecular weight excluding hydrogens is 521 g/mol. The van der Waals surface area contributed by atoms with E-state index < -0.39 is 30.1 Å². The SMILES string of the molecule is Cc1ccc(C2=CCN(Cc3cccc(F)c3F)CC2)cc1.O=C(O)CNC(=O)c1c(Cl)cccc1Cl.